The van der Waals surface area contributed by atoms with Gasteiger partial charge in [0.25, 0.3) is 0 Å². The van der Waals surface area contributed by atoms with Crippen LogP contribution >= 0.6 is 0 Å². The summed E-state index contributed by atoms with van der Waals surface area (Å²) in [6.45, 7) is 3.99. The van der Waals surface area contributed by atoms with E-state index in [-0.39, 0.29) is 6.10 Å². The summed E-state index contributed by atoms with van der Waals surface area (Å²) < 4.78 is 8.33. The van der Waals surface area contributed by atoms with E-state index in [0.29, 0.717) is 23.4 Å². The number of likely N-dealkylation sites (tertiary alicyclic amines) is 1. The molecule has 5 heterocycles. The molecule has 0 amide bonds. The van der Waals surface area contributed by atoms with Gasteiger partial charge in [0, 0.05) is 24.8 Å². The summed E-state index contributed by atoms with van der Waals surface area (Å²) in [6.07, 6.45) is 8.89. The van der Waals surface area contributed by atoms with Gasteiger partial charge in [-0.1, -0.05) is 6.07 Å². The van der Waals surface area contributed by atoms with Crippen LogP contribution in [0.1, 0.15) is 25.3 Å². The molecule has 0 radical (unpaired) electrons. The number of imidazole rings is 1. The van der Waals surface area contributed by atoms with Gasteiger partial charge in [-0.2, -0.15) is 5.10 Å². The molecule has 1 aromatic carbocycles. The summed E-state index contributed by atoms with van der Waals surface area (Å²) in [5.41, 5.74) is 10.0. The molecule has 0 aliphatic carbocycles. The average molecular weight is 460 g/mol. The third-order valence-electron chi connectivity index (χ3n) is 6.72. The first-order valence-electron chi connectivity index (χ1n) is 11.9. The molecular weight excluding hydrogens is 430 g/mol. The van der Waals surface area contributed by atoms with Gasteiger partial charge in [-0.3, -0.25) is 4.68 Å². The molecule has 2 aliphatic heterocycles. The molecule has 2 aliphatic rings. The van der Waals surface area contributed by atoms with Gasteiger partial charge < -0.3 is 25.7 Å². The number of fused-ring (bicyclic) bond motifs is 1. The lowest BCUT2D eigenvalue weighted by Gasteiger charge is -2.22. The molecule has 6 rings (SSSR count). The lowest BCUT2D eigenvalue weighted by Crippen LogP contribution is -2.29. The van der Waals surface area contributed by atoms with Crippen molar-refractivity contribution >= 4 is 16.9 Å². The van der Waals surface area contributed by atoms with E-state index in [0.717, 1.165) is 73.5 Å². The first-order chi connectivity index (χ1) is 16.6. The summed E-state index contributed by atoms with van der Waals surface area (Å²) in [7, 11) is 2.11. The molecule has 2 saturated heterocycles. The zero-order valence-electron chi connectivity index (χ0n) is 19.2. The molecule has 0 bridgehead atoms. The zero-order valence-corrected chi connectivity index (χ0v) is 19.2. The van der Waals surface area contributed by atoms with E-state index in [4.69, 9.17) is 20.4 Å². The maximum Gasteiger partial charge on any atom is 0.161 e. The van der Waals surface area contributed by atoms with Crippen molar-refractivity contribution in [2.45, 2.75) is 31.4 Å². The van der Waals surface area contributed by atoms with Crippen LogP contribution in [0.15, 0.2) is 36.8 Å². The van der Waals surface area contributed by atoms with Crippen LogP contribution in [0, 0.1) is 0 Å². The van der Waals surface area contributed by atoms with Gasteiger partial charge in [0.2, 0.25) is 0 Å². The standard InChI is InChI=1S/C24H29N9O/c1-32-10-7-17(14-32)34-20-4-2-3-18-21(20)31-24(30-18)22-23(25)27-12-19(29-22)15-11-28-33(13-15)16-5-8-26-9-6-16/h2-4,11-13,16-17,26H,5-10,14H2,1H3,(H2,25,27)(H,30,31). The lowest BCUT2D eigenvalue weighted by atomic mass is 10.1. The Morgan fingerprint density at radius 1 is 1.12 bits per heavy atom. The number of H-pyrrole nitrogens is 1. The van der Waals surface area contributed by atoms with Crippen LogP contribution in [0.25, 0.3) is 33.8 Å². The Labute approximate surface area is 197 Å². The van der Waals surface area contributed by atoms with Gasteiger partial charge in [-0.25, -0.2) is 15.0 Å². The van der Waals surface area contributed by atoms with Crippen LogP contribution < -0.4 is 15.8 Å². The second kappa shape index (κ2) is 8.69. The Hall–Kier alpha value is -3.50. The van der Waals surface area contributed by atoms with Crippen LogP contribution in [0.5, 0.6) is 5.75 Å². The quantitative estimate of drug-likeness (QED) is 0.416. The number of hydrogen-bond acceptors (Lipinski definition) is 8. The Balaban J connectivity index is 1.31. The van der Waals surface area contributed by atoms with Crippen molar-refractivity contribution in [3.05, 3.63) is 36.8 Å². The molecule has 10 nitrogen and oxygen atoms in total. The largest absolute Gasteiger partial charge is 0.487 e. The molecule has 0 saturated carbocycles. The summed E-state index contributed by atoms with van der Waals surface area (Å²) in [5, 5.41) is 7.98. The van der Waals surface area contributed by atoms with Gasteiger partial charge in [0.15, 0.2) is 11.6 Å². The number of para-hydroxylation sites is 1. The second-order valence-electron chi connectivity index (χ2n) is 9.21. The highest BCUT2D eigenvalue weighted by Gasteiger charge is 2.23. The van der Waals surface area contributed by atoms with Crippen LogP contribution in [-0.2, 0) is 0 Å². The molecule has 10 heteroatoms. The Kier molecular flexibility index (Phi) is 5.39. The highest BCUT2D eigenvalue weighted by atomic mass is 16.5. The fourth-order valence-corrected chi connectivity index (χ4v) is 4.84. The number of aromatic amines is 1. The third-order valence-corrected chi connectivity index (χ3v) is 6.72. The molecule has 176 valence electrons. The van der Waals surface area contributed by atoms with Gasteiger partial charge in [0.1, 0.15) is 23.1 Å². The predicted molar refractivity (Wildman–Crippen MR) is 130 cm³/mol. The Morgan fingerprint density at radius 3 is 2.82 bits per heavy atom. The van der Waals surface area contributed by atoms with Crippen LogP contribution in [0.3, 0.4) is 0 Å². The fourth-order valence-electron chi connectivity index (χ4n) is 4.84. The van der Waals surface area contributed by atoms with E-state index in [2.05, 4.69) is 32.3 Å². The number of piperidine rings is 1. The molecule has 1 atom stereocenters. The van der Waals surface area contributed by atoms with Gasteiger partial charge in [0.05, 0.1) is 29.6 Å². The maximum atomic E-state index is 6.28. The minimum absolute atomic E-state index is 0.167. The number of nitrogens with one attached hydrogen (secondary N) is 2. The molecule has 34 heavy (non-hydrogen) atoms. The summed E-state index contributed by atoms with van der Waals surface area (Å²) in [4.78, 5) is 19.7. The van der Waals surface area contributed by atoms with Gasteiger partial charge >= 0.3 is 0 Å². The number of nitrogen functional groups attached to an aromatic ring is 1. The van der Waals surface area contributed by atoms with Crippen molar-refractivity contribution in [3.8, 4) is 28.5 Å². The topological polar surface area (TPSA) is 123 Å². The van der Waals surface area contributed by atoms with Gasteiger partial charge in [-0.05, 0) is 51.5 Å². The van der Waals surface area contributed by atoms with E-state index < -0.39 is 0 Å². The molecule has 1 unspecified atom stereocenters. The predicted octanol–water partition coefficient (Wildman–Crippen LogP) is 2.47. The molecule has 2 fully saturated rings. The number of hydrogen-bond donors (Lipinski definition) is 3. The molecule has 3 aromatic heterocycles. The number of benzene rings is 1. The smallest absolute Gasteiger partial charge is 0.161 e. The van der Waals surface area contributed by atoms with Gasteiger partial charge in [-0.15, -0.1) is 0 Å². The summed E-state index contributed by atoms with van der Waals surface area (Å²) in [5.74, 6) is 1.67. The van der Waals surface area contributed by atoms with Crippen molar-refractivity contribution < 1.29 is 4.74 Å². The van der Waals surface area contributed by atoms with E-state index >= 15 is 0 Å². The molecule has 4 N–H and O–H groups in total. The summed E-state index contributed by atoms with van der Waals surface area (Å²) >= 11 is 0. The number of anilines is 1. The molecule has 0 spiro atoms. The van der Waals surface area contributed by atoms with Crippen molar-refractivity contribution in [1.82, 2.24) is 39.9 Å². The minimum Gasteiger partial charge on any atom is -0.487 e. The third kappa shape index (κ3) is 3.99. The van der Waals surface area contributed by atoms with E-state index in [9.17, 15) is 0 Å². The number of aromatic nitrogens is 6. The first-order valence-corrected chi connectivity index (χ1v) is 11.9. The number of rotatable bonds is 5. The number of likely N-dealkylation sites (N-methyl/N-ethyl adjacent to an activating group) is 1. The van der Waals surface area contributed by atoms with Crippen molar-refractivity contribution in [1.29, 1.82) is 0 Å². The van der Waals surface area contributed by atoms with Crippen molar-refractivity contribution in [2.75, 3.05) is 39.0 Å². The lowest BCUT2D eigenvalue weighted by molar-refractivity contribution is 0.210. The first kappa shape index (κ1) is 21.1. The maximum absolute atomic E-state index is 6.28. The fraction of sp³-hybridized carbons (Fsp3) is 0.417. The van der Waals surface area contributed by atoms with Crippen molar-refractivity contribution in [3.63, 3.8) is 0 Å². The zero-order chi connectivity index (χ0) is 23.1. The number of ether oxygens (including phenoxy) is 1. The highest BCUT2D eigenvalue weighted by molar-refractivity contribution is 5.85. The average Bonchev–Trinajstić information content (AvgIpc) is 3.60. The molecular formula is C24H29N9O. The SMILES string of the molecule is CN1CCC(Oc2cccc3[nH]c(-c4nc(-c5cnn(C6CCNCC6)c5)cnc4N)nc23)C1. The van der Waals surface area contributed by atoms with E-state index in [1.165, 1.54) is 0 Å². The normalized spacial score (nSPS) is 19.7. The molecule has 4 aromatic rings. The highest BCUT2D eigenvalue weighted by Crippen LogP contribution is 2.31. The Bertz CT molecular complexity index is 1310. The second-order valence-corrected chi connectivity index (χ2v) is 9.21. The van der Waals surface area contributed by atoms with Crippen LogP contribution in [-0.4, -0.2) is 73.9 Å². The summed E-state index contributed by atoms with van der Waals surface area (Å²) in [6, 6.07) is 6.32. The number of nitrogens with two attached hydrogens (primary N) is 1. The van der Waals surface area contributed by atoms with E-state index in [1.807, 2.05) is 35.3 Å². The van der Waals surface area contributed by atoms with Crippen LogP contribution in [0.4, 0.5) is 5.82 Å². The Morgan fingerprint density at radius 2 is 2.00 bits per heavy atom. The van der Waals surface area contributed by atoms with Crippen molar-refractivity contribution in [2.24, 2.45) is 0 Å². The van der Waals surface area contributed by atoms with E-state index in [1.54, 1.807) is 6.20 Å². The number of nitrogens with zero attached hydrogens (tertiary/aromatic N) is 6. The monoisotopic (exact) mass is 459 g/mol. The van der Waals surface area contributed by atoms with Crippen LogP contribution in [0.2, 0.25) is 0 Å². The minimum atomic E-state index is 0.167.